The maximum Gasteiger partial charge on any atom is 0.336 e. The highest BCUT2D eigenvalue weighted by atomic mass is 16.5. The highest BCUT2D eigenvalue weighted by Crippen LogP contribution is 2.21. The van der Waals surface area contributed by atoms with Crippen LogP contribution in [0.2, 0.25) is 0 Å². The van der Waals surface area contributed by atoms with E-state index in [1.165, 1.54) is 6.42 Å². The van der Waals surface area contributed by atoms with Crippen molar-refractivity contribution >= 4 is 16.9 Å². The Labute approximate surface area is 122 Å². The maximum absolute atomic E-state index is 11.2. The first-order valence-corrected chi connectivity index (χ1v) is 7.11. The summed E-state index contributed by atoms with van der Waals surface area (Å²) in [6, 6.07) is 8.49. The Bertz CT molecular complexity index is 650. The minimum Gasteiger partial charge on any atom is -0.478 e. The van der Waals surface area contributed by atoms with Crippen molar-refractivity contribution in [2.24, 2.45) is 0 Å². The molecular weight excluding hydrogens is 270 g/mol. The molecule has 0 amide bonds. The van der Waals surface area contributed by atoms with Crippen molar-refractivity contribution in [3.63, 3.8) is 0 Å². The zero-order chi connectivity index (χ0) is 14.7. The summed E-state index contributed by atoms with van der Waals surface area (Å²) in [7, 11) is 0. The van der Waals surface area contributed by atoms with Crippen molar-refractivity contribution < 1.29 is 19.4 Å². The third kappa shape index (κ3) is 3.13. The number of hydrogen-bond donors (Lipinski definition) is 1. The summed E-state index contributed by atoms with van der Waals surface area (Å²) < 4.78 is 11.3. The van der Waals surface area contributed by atoms with E-state index in [-0.39, 0.29) is 11.7 Å². The summed E-state index contributed by atoms with van der Waals surface area (Å²) in [5.41, 5.74) is 0.874. The molecule has 1 aromatic heterocycles. The number of nitrogens with zero attached hydrogens (tertiary/aromatic N) is 1. The van der Waals surface area contributed by atoms with Crippen LogP contribution in [-0.2, 0) is 4.74 Å². The lowest BCUT2D eigenvalue weighted by molar-refractivity contribution is -0.0118. The number of benzene rings is 1. The van der Waals surface area contributed by atoms with Crippen molar-refractivity contribution in [3.05, 3.63) is 35.9 Å². The third-order valence-electron chi connectivity index (χ3n) is 3.63. The molecule has 1 aromatic carbocycles. The summed E-state index contributed by atoms with van der Waals surface area (Å²) in [6.07, 6.45) is 3.42. The molecule has 1 aliphatic heterocycles. The van der Waals surface area contributed by atoms with E-state index in [9.17, 15) is 4.79 Å². The molecule has 1 atom stereocenters. The Hall–Kier alpha value is -2.14. The smallest absolute Gasteiger partial charge is 0.336 e. The second-order valence-corrected chi connectivity index (χ2v) is 5.13. The highest BCUT2D eigenvalue weighted by molar-refractivity contribution is 6.02. The van der Waals surface area contributed by atoms with Gasteiger partial charge in [-0.05, 0) is 37.5 Å². The van der Waals surface area contributed by atoms with Crippen molar-refractivity contribution in [2.75, 3.05) is 13.2 Å². The second kappa shape index (κ2) is 6.10. The van der Waals surface area contributed by atoms with Crippen molar-refractivity contribution in [3.8, 4) is 5.88 Å². The zero-order valence-corrected chi connectivity index (χ0v) is 11.6. The molecular formula is C16H17NO4. The van der Waals surface area contributed by atoms with Gasteiger partial charge in [-0.2, -0.15) is 0 Å². The fourth-order valence-corrected chi connectivity index (χ4v) is 2.52. The van der Waals surface area contributed by atoms with Gasteiger partial charge in [0.25, 0.3) is 0 Å². The molecule has 5 heteroatoms. The van der Waals surface area contributed by atoms with Gasteiger partial charge in [0.1, 0.15) is 6.61 Å². The zero-order valence-electron chi connectivity index (χ0n) is 11.6. The molecule has 0 spiro atoms. The molecule has 1 N–H and O–H groups in total. The number of carboxylic acids is 1. The van der Waals surface area contributed by atoms with E-state index in [0.29, 0.717) is 23.4 Å². The van der Waals surface area contributed by atoms with Crippen LogP contribution in [0.3, 0.4) is 0 Å². The number of carbonyl (C=O) groups is 1. The monoisotopic (exact) mass is 287 g/mol. The Morgan fingerprint density at radius 3 is 3.00 bits per heavy atom. The van der Waals surface area contributed by atoms with Crippen LogP contribution in [0.1, 0.15) is 29.6 Å². The molecule has 2 aromatic rings. The average Bonchev–Trinajstić information content (AvgIpc) is 2.53. The first-order valence-electron chi connectivity index (χ1n) is 7.11. The van der Waals surface area contributed by atoms with Gasteiger partial charge in [0, 0.05) is 18.1 Å². The van der Waals surface area contributed by atoms with Gasteiger partial charge >= 0.3 is 5.97 Å². The first kappa shape index (κ1) is 13.8. The molecule has 110 valence electrons. The van der Waals surface area contributed by atoms with Crippen LogP contribution < -0.4 is 4.74 Å². The highest BCUT2D eigenvalue weighted by Gasteiger charge is 2.15. The Balaban J connectivity index is 1.76. The van der Waals surface area contributed by atoms with Gasteiger partial charge in [-0.3, -0.25) is 0 Å². The molecule has 1 saturated heterocycles. The number of rotatable bonds is 4. The fourth-order valence-electron chi connectivity index (χ4n) is 2.52. The molecule has 21 heavy (non-hydrogen) atoms. The topological polar surface area (TPSA) is 68.7 Å². The lowest BCUT2D eigenvalue weighted by Crippen LogP contribution is -2.25. The Morgan fingerprint density at radius 2 is 2.24 bits per heavy atom. The van der Waals surface area contributed by atoms with Crippen LogP contribution in [0.25, 0.3) is 10.9 Å². The van der Waals surface area contributed by atoms with Gasteiger partial charge in [-0.1, -0.05) is 6.07 Å². The third-order valence-corrected chi connectivity index (χ3v) is 3.63. The Morgan fingerprint density at radius 1 is 1.33 bits per heavy atom. The van der Waals surface area contributed by atoms with Gasteiger partial charge in [0.05, 0.1) is 17.2 Å². The van der Waals surface area contributed by atoms with Crippen LogP contribution >= 0.6 is 0 Å². The fraction of sp³-hybridized carbons (Fsp3) is 0.375. The number of pyridine rings is 1. The molecule has 0 bridgehead atoms. The quantitative estimate of drug-likeness (QED) is 0.936. The number of fused-ring (bicyclic) bond motifs is 1. The number of aromatic nitrogens is 1. The molecule has 3 rings (SSSR count). The minimum absolute atomic E-state index is 0.126. The van der Waals surface area contributed by atoms with Gasteiger partial charge in [-0.15, -0.1) is 0 Å². The molecule has 0 saturated carbocycles. The van der Waals surface area contributed by atoms with E-state index in [1.807, 2.05) is 0 Å². The van der Waals surface area contributed by atoms with Crippen molar-refractivity contribution in [1.82, 2.24) is 4.98 Å². The number of hydrogen-bond acceptors (Lipinski definition) is 4. The van der Waals surface area contributed by atoms with Crippen LogP contribution in [0, 0.1) is 0 Å². The summed E-state index contributed by atoms with van der Waals surface area (Å²) >= 11 is 0. The molecule has 2 heterocycles. The van der Waals surface area contributed by atoms with Gasteiger partial charge < -0.3 is 14.6 Å². The second-order valence-electron chi connectivity index (χ2n) is 5.13. The average molecular weight is 287 g/mol. The lowest BCUT2D eigenvalue weighted by Gasteiger charge is -2.22. The summed E-state index contributed by atoms with van der Waals surface area (Å²) in [5, 5.41) is 9.77. The molecule has 5 nitrogen and oxygen atoms in total. The van der Waals surface area contributed by atoms with E-state index >= 15 is 0 Å². The van der Waals surface area contributed by atoms with Gasteiger partial charge in [-0.25, -0.2) is 9.78 Å². The molecule has 0 radical (unpaired) electrons. The first-order chi connectivity index (χ1) is 10.2. The van der Waals surface area contributed by atoms with Gasteiger partial charge in [0.2, 0.25) is 5.88 Å². The van der Waals surface area contributed by atoms with Crippen LogP contribution in [0.15, 0.2) is 30.3 Å². The Kier molecular flexibility index (Phi) is 4.01. The minimum atomic E-state index is -0.952. The van der Waals surface area contributed by atoms with Crippen LogP contribution in [-0.4, -0.2) is 35.4 Å². The van der Waals surface area contributed by atoms with E-state index in [4.69, 9.17) is 14.6 Å². The van der Waals surface area contributed by atoms with E-state index < -0.39 is 5.97 Å². The van der Waals surface area contributed by atoms with Crippen LogP contribution in [0.5, 0.6) is 5.88 Å². The number of aromatic carboxylic acids is 1. The SMILES string of the molecule is O=C(O)c1cccc2nc(OCC3CCCCO3)ccc12. The molecule has 1 unspecified atom stereocenters. The molecule has 0 aliphatic carbocycles. The lowest BCUT2D eigenvalue weighted by atomic mass is 10.1. The maximum atomic E-state index is 11.2. The van der Waals surface area contributed by atoms with E-state index in [2.05, 4.69) is 4.98 Å². The van der Waals surface area contributed by atoms with Crippen molar-refractivity contribution in [1.29, 1.82) is 0 Å². The summed E-state index contributed by atoms with van der Waals surface area (Å²) in [5.74, 6) is -0.453. The van der Waals surface area contributed by atoms with Crippen LogP contribution in [0.4, 0.5) is 0 Å². The molecule has 1 aliphatic rings. The predicted molar refractivity (Wildman–Crippen MR) is 77.8 cm³/mol. The molecule has 1 fully saturated rings. The summed E-state index contributed by atoms with van der Waals surface area (Å²) in [6.45, 7) is 1.28. The van der Waals surface area contributed by atoms with E-state index in [1.54, 1.807) is 30.3 Å². The normalized spacial score (nSPS) is 18.6. The number of ether oxygens (including phenoxy) is 2. The standard InChI is InChI=1S/C16H17NO4/c18-16(19)13-5-3-6-14-12(13)7-8-15(17-14)21-10-11-4-1-2-9-20-11/h3,5-8,11H,1-2,4,9-10H2,(H,18,19). The van der Waals surface area contributed by atoms with Gasteiger partial charge in [0.15, 0.2) is 0 Å². The predicted octanol–water partition coefficient (Wildman–Crippen LogP) is 2.88. The number of carboxylic acid groups (broad SMARTS) is 1. The van der Waals surface area contributed by atoms with E-state index in [0.717, 1.165) is 19.4 Å². The largest absolute Gasteiger partial charge is 0.478 e. The summed E-state index contributed by atoms with van der Waals surface area (Å²) in [4.78, 5) is 15.5. The van der Waals surface area contributed by atoms with Crippen molar-refractivity contribution in [2.45, 2.75) is 25.4 Å².